The highest BCUT2D eigenvalue weighted by Gasteiger charge is 2.04. The van der Waals surface area contributed by atoms with Crippen LogP contribution in [0, 0.1) is 5.92 Å². The standard InChI is InChI=1S/C13H30B2/c1-3-5-6-7-8-9-10-11-13(4-2)12-15-14/h13,15H,3-12,14H2,1-2H3. The molecule has 0 rings (SSSR count). The summed E-state index contributed by atoms with van der Waals surface area (Å²) in [6.45, 7) is 4.64. The van der Waals surface area contributed by atoms with Crippen LogP contribution in [0.25, 0.3) is 0 Å². The van der Waals surface area contributed by atoms with Crippen molar-refractivity contribution < 1.29 is 0 Å². The second-order valence-corrected chi connectivity index (χ2v) is 4.97. The van der Waals surface area contributed by atoms with Gasteiger partial charge in [-0.05, 0) is 5.92 Å². The maximum Gasteiger partial charge on any atom is 0.0825 e. The third-order valence-electron chi connectivity index (χ3n) is 3.49. The van der Waals surface area contributed by atoms with E-state index >= 15 is 0 Å². The van der Waals surface area contributed by atoms with Crippen molar-refractivity contribution in [3.63, 3.8) is 0 Å². The van der Waals surface area contributed by atoms with E-state index in [-0.39, 0.29) is 0 Å². The fourth-order valence-electron chi connectivity index (χ4n) is 2.35. The molecule has 0 aromatic carbocycles. The van der Waals surface area contributed by atoms with E-state index in [9.17, 15) is 0 Å². The first-order chi connectivity index (χ1) is 7.35. The summed E-state index contributed by atoms with van der Waals surface area (Å²) in [6, 6.07) is 0. The summed E-state index contributed by atoms with van der Waals surface area (Å²) >= 11 is 0. The smallest absolute Gasteiger partial charge is 0.0822 e. The summed E-state index contributed by atoms with van der Waals surface area (Å²) in [5, 5.41) is 0. The molecule has 0 radical (unpaired) electrons. The Labute approximate surface area is 99.2 Å². The van der Waals surface area contributed by atoms with E-state index < -0.39 is 0 Å². The summed E-state index contributed by atoms with van der Waals surface area (Å²) < 4.78 is 0. The summed E-state index contributed by atoms with van der Waals surface area (Å²) in [5.41, 5.74) is 0. The summed E-state index contributed by atoms with van der Waals surface area (Å²) in [4.78, 5) is 0. The van der Waals surface area contributed by atoms with E-state index in [1.165, 1.54) is 71.3 Å². The highest BCUT2D eigenvalue weighted by molar-refractivity contribution is 6.89. The molecule has 0 nitrogen and oxygen atoms in total. The van der Waals surface area contributed by atoms with Crippen molar-refractivity contribution in [2.45, 2.75) is 78.0 Å². The highest BCUT2D eigenvalue weighted by atomic mass is 14.1. The van der Waals surface area contributed by atoms with Crippen molar-refractivity contribution in [2.75, 3.05) is 0 Å². The summed E-state index contributed by atoms with van der Waals surface area (Å²) in [5.74, 6) is 1.02. The van der Waals surface area contributed by atoms with Crippen LogP contribution in [0.3, 0.4) is 0 Å². The third kappa shape index (κ3) is 10.4. The maximum atomic E-state index is 2.35. The van der Waals surface area contributed by atoms with E-state index in [2.05, 4.69) is 21.6 Å². The van der Waals surface area contributed by atoms with Crippen LogP contribution >= 0.6 is 0 Å². The fraction of sp³-hybridized carbons (Fsp3) is 1.00. The van der Waals surface area contributed by atoms with E-state index in [4.69, 9.17) is 0 Å². The molecule has 15 heavy (non-hydrogen) atoms. The van der Waals surface area contributed by atoms with E-state index in [0.717, 1.165) is 5.92 Å². The van der Waals surface area contributed by atoms with Gasteiger partial charge in [0.1, 0.15) is 0 Å². The zero-order valence-corrected chi connectivity index (χ0v) is 11.4. The van der Waals surface area contributed by atoms with Crippen LogP contribution in [-0.4, -0.2) is 14.9 Å². The van der Waals surface area contributed by atoms with Crippen LogP contribution < -0.4 is 0 Å². The van der Waals surface area contributed by atoms with Crippen LogP contribution in [0.4, 0.5) is 0 Å². The molecule has 0 N–H and O–H groups in total. The molecule has 0 fully saturated rings. The zero-order valence-electron chi connectivity index (χ0n) is 11.4. The topological polar surface area (TPSA) is 0 Å². The number of hydrogen-bond acceptors (Lipinski definition) is 0. The lowest BCUT2D eigenvalue weighted by molar-refractivity contribution is 0.470. The van der Waals surface area contributed by atoms with E-state index in [0.29, 0.717) is 0 Å². The molecule has 0 aromatic rings. The molecule has 0 aliphatic rings. The molecule has 0 saturated heterocycles. The van der Waals surface area contributed by atoms with Crippen molar-refractivity contribution in [3.05, 3.63) is 0 Å². The predicted octanol–water partition coefficient (Wildman–Crippen LogP) is 3.56. The molecule has 0 bridgehead atoms. The Hall–Kier alpha value is 0.130. The molecule has 0 saturated carbocycles. The molecule has 0 aromatic heterocycles. The minimum atomic E-state index is 1.02. The molecule has 0 amide bonds. The zero-order chi connectivity index (χ0) is 11.4. The normalized spacial score (nSPS) is 12.7. The molecule has 0 aliphatic heterocycles. The molecular weight excluding hydrogens is 178 g/mol. The molecule has 0 heterocycles. The van der Waals surface area contributed by atoms with Gasteiger partial charge in [-0.2, -0.15) is 0 Å². The molecule has 1 unspecified atom stereocenters. The number of unbranched alkanes of at least 4 members (excludes halogenated alkanes) is 6. The van der Waals surface area contributed by atoms with Crippen molar-refractivity contribution in [3.8, 4) is 0 Å². The Balaban J connectivity index is 3.14. The van der Waals surface area contributed by atoms with Gasteiger partial charge in [-0.15, -0.1) is 0 Å². The van der Waals surface area contributed by atoms with Gasteiger partial charge < -0.3 is 0 Å². The lowest BCUT2D eigenvalue weighted by Crippen LogP contribution is -2.03. The van der Waals surface area contributed by atoms with Crippen LogP contribution in [0.5, 0.6) is 0 Å². The highest BCUT2D eigenvalue weighted by Crippen LogP contribution is 2.18. The Morgan fingerprint density at radius 3 is 2.07 bits per heavy atom. The van der Waals surface area contributed by atoms with Gasteiger partial charge in [-0.3, -0.25) is 0 Å². The van der Waals surface area contributed by atoms with Gasteiger partial charge in [-0.25, -0.2) is 0 Å². The number of hydrogen-bond donors (Lipinski definition) is 0. The molecule has 0 spiro atoms. The Kier molecular flexibility index (Phi) is 12.3. The minimum Gasteiger partial charge on any atom is -0.0822 e. The van der Waals surface area contributed by atoms with Gasteiger partial charge in [-0.1, -0.05) is 78.0 Å². The van der Waals surface area contributed by atoms with Crippen molar-refractivity contribution in [1.82, 2.24) is 0 Å². The van der Waals surface area contributed by atoms with Gasteiger partial charge in [0.15, 0.2) is 0 Å². The van der Waals surface area contributed by atoms with Gasteiger partial charge in [0, 0.05) is 0 Å². The lowest BCUT2D eigenvalue weighted by atomic mass is 9.51. The first-order valence-corrected chi connectivity index (χ1v) is 7.35. The first-order valence-electron chi connectivity index (χ1n) is 7.35. The average molecular weight is 208 g/mol. The summed E-state index contributed by atoms with van der Waals surface area (Å²) in [6.07, 6.45) is 14.5. The van der Waals surface area contributed by atoms with Crippen molar-refractivity contribution in [1.29, 1.82) is 0 Å². The fourth-order valence-corrected chi connectivity index (χ4v) is 2.35. The van der Waals surface area contributed by atoms with Gasteiger partial charge in [0.2, 0.25) is 0 Å². The van der Waals surface area contributed by atoms with Crippen molar-refractivity contribution in [2.24, 2.45) is 5.92 Å². The quantitative estimate of drug-likeness (QED) is 0.359. The lowest BCUT2D eigenvalue weighted by Gasteiger charge is -2.12. The van der Waals surface area contributed by atoms with Gasteiger partial charge in [0.25, 0.3) is 0 Å². The monoisotopic (exact) mass is 208 g/mol. The largest absolute Gasteiger partial charge is 0.0825 e. The second-order valence-electron chi connectivity index (χ2n) is 4.97. The minimum absolute atomic E-state index is 1.02. The molecule has 2 heteroatoms. The number of rotatable bonds is 11. The van der Waals surface area contributed by atoms with E-state index in [1.54, 1.807) is 0 Å². The third-order valence-corrected chi connectivity index (χ3v) is 3.49. The Morgan fingerprint density at radius 1 is 0.933 bits per heavy atom. The molecular formula is C13H30B2. The maximum absolute atomic E-state index is 2.35. The van der Waals surface area contributed by atoms with Crippen LogP contribution in [0.2, 0.25) is 6.32 Å². The SMILES string of the molecule is BBCC(CC)CCCCCCCCC. The Bertz CT molecular complexity index is 115. The van der Waals surface area contributed by atoms with Gasteiger partial charge >= 0.3 is 0 Å². The van der Waals surface area contributed by atoms with Crippen molar-refractivity contribution >= 4 is 14.9 Å². The average Bonchev–Trinajstić information content (AvgIpc) is 2.26. The van der Waals surface area contributed by atoms with Gasteiger partial charge in [0.05, 0.1) is 14.9 Å². The molecule has 0 aliphatic carbocycles. The second kappa shape index (κ2) is 12.2. The molecule has 1 atom stereocenters. The summed E-state index contributed by atoms with van der Waals surface area (Å²) in [7, 11) is 3.68. The predicted molar refractivity (Wildman–Crippen MR) is 76.9 cm³/mol. The van der Waals surface area contributed by atoms with E-state index in [1.807, 2.05) is 0 Å². The Morgan fingerprint density at radius 2 is 1.53 bits per heavy atom. The first kappa shape index (κ1) is 15.1. The van der Waals surface area contributed by atoms with Crippen LogP contribution in [0.1, 0.15) is 71.6 Å². The van der Waals surface area contributed by atoms with Crippen LogP contribution in [-0.2, 0) is 0 Å². The molecule has 88 valence electrons. The van der Waals surface area contributed by atoms with Crippen LogP contribution in [0.15, 0.2) is 0 Å².